The van der Waals surface area contributed by atoms with Crippen LogP contribution in [0.5, 0.6) is 17.2 Å². The maximum atomic E-state index is 13.2. The van der Waals surface area contributed by atoms with Gasteiger partial charge >= 0.3 is 0 Å². The normalized spacial score (nSPS) is 18.1. The molecule has 99 heavy (non-hydrogen) atoms. The van der Waals surface area contributed by atoms with Crippen LogP contribution in [0.25, 0.3) is 95.4 Å². The lowest BCUT2D eigenvalue weighted by atomic mass is 9.79. The van der Waals surface area contributed by atoms with Gasteiger partial charge < -0.3 is 44.8 Å². The van der Waals surface area contributed by atoms with Gasteiger partial charge in [0.05, 0.1) is 94.7 Å². The quantitative estimate of drug-likeness (QED) is 0.0782. The number of halogens is 1. The summed E-state index contributed by atoms with van der Waals surface area (Å²) >= 11 is 0. The second-order valence-electron chi connectivity index (χ2n) is 30.4. The topological polar surface area (TPSA) is 332 Å². The molecule has 3 aromatic carbocycles. The van der Waals surface area contributed by atoms with Gasteiger partial charge in [-0.15, -0.1) is 45.9 Å². The smallest absolute Gasteiger partial charge is 0.231 e. The van der Waals surface area contributed by atoms with Crippen LogP contribution in [0.15, 0.2) is 123 Å². The highest BCUT2D eigenvalue weighted by atomic mass is 19.1. The molecule has 0 radical (unpaired) electrons. The minimum Gasteiger partial charge on any atom is -0.507 e. The number of piperidine rings is 3. The van der Waals surface area contributed by atoms with Crippen molar-refractivity contribution in [1.29, 1.82) is 0 Å². The lowest BCUT2D eigenvalue weighted by Gasteiger charge is -2.46. The Morgan fingerprint density at radius 3 is 1.18 bits per heavy atom. The van der Waals surface area contributed by atoms with Gasteiger partial charge in [0.15, 0.2) is 0 Å². The van der Waals surface area contributed by atoms with E-state index < -0.39 is 5.95 Å². The summed E-state index contributed by atoms with van der Waals surface area (Å²) in [5.74, 6) is -0.373. The first-order chi connectivity index (χ1) is 46.9. The number of hydrogen-bond acceptors (Lipinski definition) is 22. The third-order valence-electron chi connectivity index (χ3n) is 18.4. The summed E-state index contributed by atoms with van der Waals surface area (Å²) < 4.78 is 24.1. The monoisotopic (exact) mass is 1340 g/mol. The van der Waals surface area contributed by atoms with Crippen molar-refractivity contribution >= 4 is 39.0 Å². The number of fused-ring (bicyclic) bond motifs is 4. The van der Waals surface area contributed by atoms with E-state index >= 15 is 0 Å². The molecule has 0 bridgehead atoms. The van der Waals surface area contributed by atoms with Gasteiger partial charge in [0.25, 0.3) is 0 Å². The van der Waals surface area contributed by atoms with Crippen molar-refractivity contribution in [2.45, 2.75) is 180 Å². The van der Waals surface area contributed by atoms with E-state index in [0.29, 0.717) is 73.0 Å². The summed E-state index contributed by atoms with van der Waals surface area (Å²) in [5.41, 5.74) is 11.7. The van der Waals surface area contributed by atoms with Crippen LogP contribution in [0.4, 0.5) is 4.39 Å². The second kappa shape index (κ2) is 24.4. The molecule has 29 heteroatoms. The van der Waals surface area contributed by atoms with E-state index in [-0.39, 0.29) is 68.6 Å². The SMILES string of the molecule is CC1(C)CC(n2nnc3cc(-c4ccc(-c5cn6cncc6cn5)cc4O)nnc32)CC(C)(C)N1.CC1(C)CC(n2nnc3cc(-c4ccc(-n5cnc(F)c5)cc4O)nnc32)CC(C)(C)N1.Cc1cn(-c2ccc(-c3cc4nnn(C5CC(C)(C)NC(C)(C)C5)c4nn3)c(O)c2)cn1. The number of phenolic OH excluding ortho intramolecular Hbond substituents is 3. The van der Waals surface area contributed by atoms with E-state index in [4.69, 9.17) is 0 Å². The highest BCUT2D eigenvalue weighted by Crippen LogP contribution is 2.42. The molecule has 0 spiro atoms. The van der Waals surface area contributed by atoms with Gasteiger partial charge in [-0.05, 0) is 183 Å². The number of benzene rings is 3. The summed E-state index contributed by atoms with van der Waals surface area (Å²) in [7, 11) is 0. The minimum absolute atomic E-state index is 0.000459. The highest BCUT2D eigenvalue weighted by Gasteiger charge is 2.42. The van der Waals surface area contributed by atoms with Crippen molar-refractivity contribution < 1.29 is 19.7 Å². The molecule has 0 amide bonds. The molecule has 6 N–H and O–H groups in total. The van der Waals surface area contributed by atoms with E-state index in [0.717, 1.165) is 66.7 Å². The van der Waals surface area contributed by atoms with Gasteiger partial charge in [-0.1, -0.05) is 21.7 Å². The molecule has 13 aromatic rings. The van der Waals surface area contributed by atoms with E-state index in [1.54, 1.807) is 55.4 Å². The van der Waals surface area contributed by atoms with Gasteiger partial charge in [-0.25, -0.2) is 29.0 Å². The number of aryl methyl sites for hydroxylation is 1. The molecule has 16 rings (SSSR count). The number of phenols is 3. The summed E-state index contributed by atoms with van der Waals surface area (Å²) in [6, 6.07) is 21.8. The molecule has 28 nitrogen and oxygen atoms in total. The second-order valence-corrected chi connectivity index (χ2v) is 30.4. The first-order valence-corrected chi connectivity index (χ1v) is 33.0. The largest absolute Gasteiger partial charge is 0.507 e. The Bertz CT molecular complexity index is 4940. The highest BCUT2D eigenvalue weighted by molar-refractivity contribution is 5.81. The average Bonchev–Trinajstić information content (AvgIpc) is 1.29. The first kappa shape index (κ1) is 65.6. The lowest BCUT2D eigenvalue weighted by Crippen LogP contribution is -2.58. The molecule has 0 saturated carbocycles. The number of aromatic hydroxyl groups is 3. The summed E-state index contributed by atoms with van der Waals surface area (Å²) in [6.07, 6.45) is 18.8. The first-order valence-electron chi connectivity index (χ1n) is 33.0. The molecule has 0 unspecified atom stereocenters. The Morgan fingerprint density at radius 1 is 0.414 bits per heavy atom. The molecular weight excluding hydrogens is 1260 g/mol. The number of nitrogens with one attached hydrogen (secondary N) is 3. The fraction of sp³-hybridized carbons (Fsp3) is 0.400. The molecule has 3 saturated heterocycles. The predicted molar refractivity (Wildman–Crippen MR) is 370 cm³/mol. The lowest BCUT2D eigenvalue weighted by molar-refractivity contribution is 0.126. The molecule has 3 aliphatic rings. The number of imidazole rings is 3. The number of aromatic nitrogens is 22. The summed E-state index contributed by atoms with van der Waals surface area (Å²) in [5, 5.41) is 95.9. The molecule has 0 aliphatic carbocycles. The number of hydrogen-bond donors (Lipinski definition) is 6. The van der Waals surface area contributed by atoms with Crippen LogP contribution >= 0.6 is 0 Å². The van der Waals surface area contributed by atoms with Crippen molar-refractivity contribution in [2.75, 3.05) is 0 Å². The Kier molecular flexibility index (Phi) is 16.2. The standard InChI is InChI=1S/C25H27N9O.C23H28N8O.C22H25FN8O/c1-24(2)9-16(10-25(3,4)31-24)34-23-20(29-32-34)8-19(28-30-23)18-6-5-15(7-22(18)35)21-13-33-14-26-11-17(33)12-27-21;1-14-12-30(13-24-14)15-6-7-17(20(32)8-15)18-9-19-21(27-25-18)31(29-26-19)16-10-22(2,3)28-23(4,5)11-16;1-21(2)9-14(10-22(3,4)28-21)31-20-17(26-29-31)8-16(25-27-20)15-6-5-13(7-18(15)32)30-11-19(23)24-12-30/h5-8,11-14,16,31,35H,9-10H2,1-4H3;6-9,12-13,16,28,32H,10-11H2,1-5H3;5-8,11-12,14,28,32H,9-10H2,1-4H3. The van der Waals surface area contributed by atoms with Crippen molar-refractivity contribution in [3.8, 4) is 73.7 Å². The zero-order valence-corrected chi connectivity index (χ0v) is 57.6. The molecule has 3 fully saturated rings. The molecule has 10 aromatic heterocycles. The van der Waals surface area contributed by atoms with Crippen LogP contribution in [-0.4, -0.2) is 158 Å². The van der Waals surface area contributed by atoms with Gasteiger partial charge in [0.1, 0.15) is 40.1 Å². The molecule has 510 valence electrons. The fourth-order valence-corrected chi connectivity index (χ4v) is 15.4. The van der Waals surface area contributed by atoms with E-state index in [1.165, 1.54) is 23.2 Å². The van der Waals surface area contributed by atoms with Crippen molar-refractivity contribution in [3.63, 3.8) is 0 Å². The molecule has 3 aliphatic heterocycles. The van der Waals surface area contributed by atoms with Crippen LogP contribution < -0.4 is 16.0 Å². The Labute approximate surface area is 569 Å². The van der Waals surface area contributed by atoms with E-state index in [1.807, 2.05) is 78.7 Å². The number of rotatable bonds is 9. The van der Waals surface area contributed by atoms with Crippen LogP contribution in [0.2, 0.25) is 0 Å². The average molecular weight is 1340 g/mol. The van der Waals surface area contributed by atoms with Gasteiger partial charge in [0.2, 0.25) is 22.9 Å². The fourth-order valence-electron chi connectivity index (χ4n) is 15.4. The minimum atomic E-state index is -0.589. The Hall–Kier alpha value is -10.7. The van der Waals surface area contributed by atoms with Gasteiger partial charge in [-0.3, -0.25) is 4.98 Å². The maximum Gasteiger partial charge on any atom is 0.231 e. The summed E-state index contributed by atoms with van der Waals surface area (Å²) in [6.45, 7) is 28.3. The number of nitrogens with zero attached hydrogens (tertiary/aromatic N) is 22. The Balaban J connectivity index is 0.000000127. The predicted octanol–water partition coefficient (Wildman–Crippen LogP) is 10.8. The van der Waals surface area contributed by atoms with Crippen LogP contribution in [0.1, 0.15) is 145 Å². The Morgan fingerprint density at radius 2 is 0.808 bits per heavy atom. The zero-order valence-electron chi connectivity index (χ0n) is 57.6. The molecule has 0 atom stereocenters. The van der Waals surface area contributed by atoms with Crippen LogP contribution in [-0.2, 0) is 0 Å². The maximum absolute atomic E-state index is 13.2. The van der Waals surface area contributed by atoms with Crippen LogP contribution in [0, 0.1) is 12.9 Å². The van der Waals surface area contributed by atoms with Crippen molar-refractivity contribution in [1.82, 2.24) is 125 Å². The van der Waals surface area contributed by atoms with Crippen LogP contribution in [0.3, 0.4) is 0 Å². The molecular formula is C70H80FN25O3. The van der Waals surface area contributed by atoms with Gasteiger partial charge in [0, 0.05) is 80.0 Å². The van der Waals surface area contributed by atoms with E-state index in [9.17, 15) is 19.7 Å². The molecule has 13 heterocycles. The van der Waals surface area contributed by atoms with Crippen molar-refractivity contribution in [2.24, 2.45) is 0 Å². The third-order valence-corrected chi connectivity index (χ3v) is 18.4. The zero-order chi connectivity index (χ0) is 69.7. The summed E-state index contributed by atoms with van der Waals surface area (Å²) in [4.78, 5) is 16.4. The van der Waals surface area contributed by atoms with Gasteiger partial charge in [-0.2, -0.15) is 4.39 Å². The van der Waals surface area contributed by atoms with Crippen molar-refractivity contribution in [3.05, 3.63) is 134 Å². The third kappa shape index (κ3) is 13.7. The van der Waals surface area contributed by atoms with E-state index in [2.05, 4.69) is 180 Å².